The largest absolute Gasteiger partial charge is 0.497 e. The van der Waals surface area contributed by atoms with Crippen LogP contribution in [0.25, 0.3) is 11.8 Å². The third kappa shape index (κ3) is 5.42. The summed E-state index contributed by atoms with van der Waals surface area (Å²) in [5.41, 5.74) is 5.08. The summed E-state index contributed by atoms with van der Waals surface area (Å²) in [7, 11) is 3.27. The van der Waals surface area contributed by atoms with E-state index >= 15 is 0 Å². The number of methoxy groups -OCH3 is 2. The minimum atomic E-state index is -0.744. The van der Waals surface area contributed by atoms with E-state index in [9.17, 15) is 9.59 Å². The number of nitrogens with zero attached hydrogens (tertiary/aromatic N) is 2. The van der Waals surface area contributed by atoms with Crippen molar-refractivity contribution in [1.82, 2.24) is 4.57 Å². The number of fused-ring (bicyclic) bond motifs is 1. The molecule has 1 aromatic heterocycles. The zero-order valence-corrected chi connectivity index (χ0v) is 25.5. The summed E-state index contributed by atoms with van der Waals surface area (Å²) in [6, 6.07) is 20.3. The first-order valence-electron chi connectivity index (χ1n) is 13.9. The molecule has 0 N–H and O–H groups in total. The molecule has 0 fully saturated rings. The van der Waals surface area contributed by atoms with E-state index < -0.39 is 12.0 Å². The van der Waals surface area contributed by atoms with Gasteiger partial charge in [0.15, 0.2) is 4.80 Å². The molecule has 0 bridgehead atoms. The van der Waals surface area contributed by atoms with Crippen molar-refractivity contribution in [3.63, 3.8) is 0 Å². The lowest BCUT2D eigenvalue weighted by molar-refractivity contribution is -0.138. The molecule has 0 aliphatic carbocycles. The predicted molar refractivity (Wildman–Crippen MR) is 166 cm³/mol. The van der Waals surface area contributed by atoms with Crippen molar-refractivity contribution in [3.05, 3.63) is 120 Å². The number of carbonyl (C=O) groups excluding carboxylic acids is 1. The van der Waals surface area contributed by atoms with Gasteiger partial charge >= 0.3 is 5.97 Å². The van der Waals surface area contributed by atoms with Gasteiger partial charge in [0.1, 0.15) is 11.5 Å². The second kappa shape index (κ2) is 12.2. The Morgan fingerprint density at radius 1 is 1.05 bits per heavy atom. The van der Waals surface area contributed by atoms with Crippen LogP contribution < -0.4 is 24.4 Å². The van der Waals surface area contributed by atoms with Crippen molar-refractivity contribution < 1.29 is 19.0 Å². The Kier molecular flexibility index (Phi) is 8.45. The normalized spacial score (nSPS) is 14.9. The number of aryl methyl sites for hydroxylation is 1. The monoisotopic (exact) mass is 582 g/mol. The van der Waals surface area contributed by atoms with Crippen molar-refractivity contribution in [3.8, 4) is 11.5 Å². The summed E-state index contributed by atoms with van der Waals surface area (Å²) in [6.07, 6.45) is 1.91. The Balaban J connectivity index is 1.81. The SMILES string of the molecule is CCOC(=O)C1=C(c2ccccc2)N=c2s/c(=C/c3cc(C(C)C)c(OC)cc3C)c(=O)n2[C@H]1c1ccc(OC)cc1. The van der Waals surface area contributed by atoms with Crippen LogP contribution in [0.2, 0.25) is 0 Å². The van der Waals surface area contributed by atoms with Gasteiger partial charge in [0.2, 0.25) is 0 Å². The second-order valence-electron chi connectivity index (χ2n) is 10.3. The van der Waals surface area contributed by atoms with Crippen molar-refractivity contribution in [2.45, 2.75) is 39.7 Å². The van der Waals surface area contributed by atoms with E-state index in [4.69, 9.17) is 19.2 Å². The first-order valence-corrected chi connectivity index (χ1v) is 14.7. The maximum Gasteiger partial charge on any atom is 0.338 e. The fourth-order valence-corrected chi connectivity index (χ4v) is 6.17. The molecule has 8 heteroatoms. The molecule has 0 unspecified atom stereocenters. The molecule has 3 aromatic carbocycles. The summed E-state index contributed by atoms with van der Waals surface area (Å²) in [5, 5.41) is 0. The van der Waals surface area contributed by atoms with Crippen molar-refractivity contribution in [2.75, 3.05) is 20.8 Å². The molecule has 0 saturated carbocycles. The number of benzene rings is 3. The average molecular weight is 583 g/mol. The van der Waals surface area contributed by atoms with Gasteiger partial charge < -0.3 is 14.2 Å². The quantitative estimate of drug-likeness (QED) is 0.261. The molecule has 1 atom stereocenters. The topological polar surface area (TPSA) is 79.1 Å². The molecular weight excluding hydrogens is 548 g/mol. The van der Waals surface area contributed by atoms with Gasteiger partial charge in [-0.1, -0.05) is 67.6 Å². The third-order valence-electron chi connectivity index (χ3n) is 7.33. The number of aromatic nitrogens is 1. The highest BCUT2D eigenvalue weighted by Crippen LogP contribution is 2.36. The van der Waals surface area contributed by atoms with Crippen molar-refractivity contribution in [2.24, 2.45) is 4.99 Å². The maximum absolute atomic E-state index is 14.2. The smallest absolute Gasteiger partial charge is 0.338 e. The molecule has 216 valence electrons. The van der Waals surface area contributed by atoms with Gasteiger partial charge in [0.05, 0.1) is 42.7 Å². The van der Waals surface area contributed by atoms with Gasteiger partial charge in [-0.05, 0) is 72.4 Å². The Morgan fingerprint density at radius 2 is 1.76 bits per heavy atom. The lowest BCUT2D eigenvalue weighted by Crippen LogP contribution is -2.40. The number of carbonyl (C=O) groups is 1. The Labute approximate surface area is 249 Å². The molecule has 1 aliphatic rings. The molecule has 2 heterocycles. The molecule has 0 amide bonds. The summed E-state index contributed by atoms with van der Waals surface area (Å²) in [4.78, 5) is 33.3. The summed E-state index contributed by atoms with van der Waals surface area (Å²) in [6.45, 7) is 8.19. The summed E-state index contributed by atoms with van der Waals surface area (Å²) >= 11 is 1.31. The molecule has 0 spiro atoms. The van der Waals surface area contributed by atoms with Gasteiger partial charge in [-0.2, -0.15) is 0 Å². The van der Waals surface area contributed by atoms with Crippen LogP contribution >= 0.6 is 11.3 Å². The zero-order chi connectivity index (χ0) is 30.0. The minimum Gasteiger partial charge on any atom is -0.497 e. The highest BCUT2D eigenvalue weighted by molar-refractivity contribution is 7.07. The van der Waals surface area contributed by atoms with Crippen LogP contribution in [-0.2, 0) is 9.53 Å². The second-order valence-corrected chi connectivity index (χ2v) is 11.3. The van der Waals surface area contributed by atoms with Crippen LogP contribution in [0.3, 0.4) is 0 Å². The number of rotatable bonds is 8. The molecule has 5 rings (SSSR count). The lowest BCUT2D eigenvalue weighted by atomic mass is 9.93. The minimum absolute atomic E-state index is 0.194. The van der Waals surface area contributed by atoms with Gasteiger partial charge in [-0.25, -0.2) is 9.79 Å². The molecule has 7 nitrogen and oxygen atoms in total. The predicted octanol–water partition coefficient (Wildman–Crippen LogP) is 5.38. The van der Waals surface area contributed by atoms with Gasteiger partial charge in [0, 0.05) is 5.56 Å². The number of ether oxygens (including phenoxy) is 3. The van der Waals surface area contributed by atoms with Gasteiger partial charge in [-0.3, -0.25) is 9.36 Å². The molecule has 42 heavy (non-hydrogen) atoms. The van der Waals surface area contributed by atoms with Crippen LogP contribution in [0, 0.1) is 6.92 Å². The van der Waals surface area contributed by atoms with E-state index in [1.807, 2.05) is 73.7 Å². The highest BCUT2D eigenvalue weighted by atomic mass is 32.1. The van der Waals surface area contributed by atoms with Crippen LogP contribution in [0.5, 0.6) is 11.5 Å². The zero-order valence-electron chi connectivity index (χ0n) is 24.6. The summed E-state index contributed by atoms with van der Waals surface area (Å²) < 4.78 is 18.7. The first kappa shape index (κ1) is 29.1. The third-order valence-corrected chi connectivity index (χ3v) is 8.32. The van der Waals surface area contributed by atoms with Crippen molar-refractivity contribution in [1.29, 1.82) is 0 Å². The van der Waals surface area contributed by atoms with E-state index in [1.165, 1.54) is 11.3 Å². The molecule has 1 aliphatic heterocycles. The lowest BCUT2D eigenvalue weighted by Gasteiger charge is -2.26. The number of hydrogen-bond donors (Lipinski definition) is 0. The molecule has 0 radical (unpaired) electrons. The van der Waals surface area contributed by atoms with E-state index in [0.717, 1.165) is 33.6 Å². The number of hydrogen-bond acceptors (Lipinski definition) is 7. The Morgan fingerprint density at radius 3 is 2.38 bits per heavy atom. The summed E-state index contributed by atoms with van der Waals surface area (Å²) in [5.74, 6) is 1.23. The van der Waals surface area contributed by atoms with Crippen LogP contribution in [0.15, 0.2) is 82.1 Å². The highest BCUT2D eigenvalue weighted by Gasteiger charge is 2.35. The van der Waals surface area contributed by atoms with Crippen LogP contribution in [-0.4, -0.2) is 31.4 Å². The average Bonchev–Trinajstić information content (AvgIpc) is 3.31. The van der Waals surface area contributed by atoms with Gasteiger partial charge in [-0.15, -0.1) is 0 Å². The van der Waals surface area contributed by atoms with Crippen LogP contribution in [0.1, 0.15) is 60.5 Å². The Hall–Kier alpha value is -4.43. The molecule has 0 saturated heterocycles. The van der Waals surface area contributed by atoms with E-state index in [-0.39, 0.29) is 18.1 Å². The standard InChI is InChI=1S/C34H34N2O5S/c1-7-41-33(38)29-30(22-11-9-8-10-12-22)35-34-36(31(29)23-13-15-25(39-5)16-14-23)32(37)28(42-34)19-24-18-26(20(2)3)27(40-6)17-21(24)4/h8-20,31H,7H2,1-6H3/b28-19+/t31-/m0/s1. The first-order chi connectivity index (χ1) is 20.3. The van der Waals surface area contributed by atoms with E-state index in [2.05, 4.69) is 19.9 Å². The van der Waals surface area contributed by atoms with Gasteiger partial charge in [0.25, 0.3) is 5.56 Å². The Bertz CT molecular complexity index is 1830. The van der Waals surface area contributed by atoms with E-state index in [1.54, 1.807) is 25.7 Å². The van der Waals surface area contributed by atoms with Crippen LogP contribution in [0.4, 0.5) is 0 Å². The number of esters is 1. The van der Waals surface area contributed by atoms with Crippen molar-refractivity contribution >= 4 is 29.1 Å². The van der Waals surface area contributed by atoms with E-state index in [0.29, 0.717) is 26.4 Å². The fraction of sp³-hybridized carbons (Fsp3) is 0.265. The molecular formula is C34H34N2O5S. The fourth-order valence-electron chi connectivity index (χ4n) is 5.18. The number of thiazole rings is 1. The molecule has 4 aromatic rings. The maximum atomic E-state index is 14.2.